The van der Waals surface area contributed by atoms with Crippen LogP contribution in [-0.2, 0) is 7.05 Å². The van der Waals surface area contributed by atoms with Gasteiger partial charge in [0.25, 0.3) is 0 Å². The molecule has 0 aliphatic heterocycles. The molecule has 0 fully saturated rings. The SMILES string of the molecule is Cc1c(Br)cccc1-c1cnn(C)c1. The molecule has 2 rings (SSSR count). The van der Waals surface area contributed by atoms with E-state index in [1.165, 1.54) is 11.1 Å². The van der Waals surface area contributed by atoms with E-state index in [0.29, 0.717) is 0 Å². The van der Waals surface area contributed by atoms with Crippen LogP contribution in [0.4, 0.5) is 0 Å². The summed E-state index contributed by atoms with van der Waals surface area (Å²) in [6.45, 7) is 2.10. The van der Waals surface area contributed by atoms with Gasteiger partial charge in [0.1, 0.15) is 0 Å². The molecule has 0 radical (unpaired) electrons. The number of hydrogen-bond donors (Lipinski definition) is 0. The minimum atomic E-state index is 1.14. The highest BCUT2D eigenvalue weighted by atomic mass is 79.9. The fraction of sp³-hybridized carbons (Fsp3) is 0.182. The highest BCUT2D eigenvalue weighted by Gasteiger charge is 2.05. The molecule has 0 saturated carbocycles. The molecule has 0 bridgehead atoms. The monoisotopic (exact) mass is 250 g/mol. The highest BCUT2D eigenvalue weighted by Crippen LogP contribution is 2.27. The summed E-state index contributed by atoms with van der Waals surface area (Å²) in [5.41, 5.74) is 3.64. The van der Waals surface area contributed by atoms with E-state index in [0.717, 1.165) is 10.0 Å². The topological polar surface area (TPSA) is 17.8 Å². The summed E-state index contributed by atoms with van der Waals surface area (Å²) in [6.07, 6.45) is 3.91. The molecule has 0 N–H and O–H groups in total. The zero-order chi connectivity index (χ0) is 10.1. The predicted molar refractivity (Wildman–Crippen MR) is 61.1 cm³/mol. The molecule has 3 heteroatoms. The van der Waals surface area contributed by atoms with Crippen molar-refractivity contribution in [3.8, 4) is 11.1 Å². The van der Waals surface area contributed by atoms with Gasteiger partial charge in [0.05, 0.1) is 6.20 Å². The molecule has 0 saturated heterocycles. The van der Waals surface area contributed by atoms with E-state index in [4.69, 9.17) is 0 Å². The number of benzene rings is 1. The molecule has 0 amide bonds. The molecule has 1 aromatic carbocycles. The Hall–Kier alpha value is -1.09. The third-order valence-electron chi connectivity index (χ3n) is 2.28. The van der Waals surface area contributed by atoms with E-state index in [2.05, 4.69) is 40.1 Å². The molecule has 0 aliphatic carbocycles. The van der Waals surface area contributed by atoms with Crippen LogP contribution in [0.2, 0.25) is 0 Å². The minimum Gasteiger partial charge on any atom is -0.275 e. The maximum Gasteiger partial charge on any atom is 0.0568 e. The summed E-state index contributed by atoms with van der Waals surface area (Å²) in [5.74, 6) is 0. The molecule has 72 valence electrons. The molecule has 0 aliphatic rings. The van der Waals surface area contributed by atoms with Crippen LogP contribution < -0.4 is 0 Å². The second-order valence-electron chi connectivity index (χ2n) is 3.32. The van der Waals surface area contributed by atoms with Gasteiger partial charge in [-0.15, -0.1) is 0 Å². The number of nitrogens with zero attached hydrogens (tertiary/aromatic N) is 2. The summed E-state index contributed by atoms with van der Waals surface area (Å²) in [5, 5.41) is 4.17. The lowest BCUT2D eigenvalue weighted by Crippen LogP contribution is -1.85. The van der Waals surface area contributed by atoms with Crippen LogP contribution in [0.5, 0.6) is 0 Å². The van der Waals surface area contributed by atoms with Crippen molar-refractivity contribution in [2.75, 3.05) is 0 Å². The highest BCUT2D eigenvalue weighted by molar-refractivity contribution is 9.10. The second-order valence-corrected chi connectivity index (χ2v) is 4.17. The lowest BCUT2D eigenvalue weighted by molar-refractivity contribution is 0.768. The fourth-order valence-corrected chi connectivity index (χ4v) is 1.85. The van der Waals surface area contributed by atoms with Crippen LogP contribution in [0.3, 0.4) is 0 Å². The van der Waals surface area contributed by atoms with Gasteiger partial charge in [-0.05, 0) is 24.1 Å². The number of aromatic nitrogens is 2. The standard InChI is InChI=1S/C11H11BrN2/c1-8-10(4-3-5-11(8)12)9-6-13-14(2)7-9/h3-7H,1-2H3. The smallest absolute Gasteiger partial charge is 0.0568 e. The lowest BCUT2D eigenvalue weighted by atomic mass is 10.0. The summed E-state index contributed by atoms with van der Waals surface area (Å²) in [6, 6.07) is 6.20. The van der Waals surface area contributed by atoms with Crippen molar-refractivity contribution in [2.24, 2.45) is 7.05 Å². The van der Waals surface area contributed by atoms with Crippen molar-refractivity contribution in [1.29, 1.82) is 0 Å². The van der Waals surface area contributed by atoms with Gasteiger partial charge >= 0.3 is 0 Å². The van der Waals surface area contributed by atoms with Crippen molar-refractivity contribution in [2.45, 2.75) is 6.92 Å². The average Bonchev–Trinajstić information content (AvgIpc) is 2.57. The maximum atomic E-state index is 4.17. The zero-order valence-electron chi connectivity index (χ0n) is 8.16. The van der Waals surface area contributed by atoms with Gasteiger partial charge in [-0.1, -0.05) is 28.1 Å². The van der Waals surface area contributed by atoms with Gasteiger partial charge in [-0.2, -0.15) is 5.10 Å². The van der Waals surface area contributed by atoms with E-state index >= 15 is 0 Å². The van der Waals surface area contributed by atoms with E-state index in [1.54, 1.807) is 0 Å². The number of halogens is 1. The minimum absolute atomic E-state index is 1.14. The van der Waals surface area contributed by atoms with Gasteiger partial charge in [0.2, 0.25) is 0 Å². The summed E-state index contributed by atoms with van der Waals surface area (Å²) >= 11 is 3.52. The first kappa shape index (κ1) is 9.46. The van der Waals surface area contributed by atoms with Crippen LogP contribution in [0.15, 0.2) is 35.1 Å². The first-order valence-electron chi connectivity index (χ1n) is 4.42. The van der Waals surface area contributed by atoms with Gasteiger partial charge in [0, 0.05) is 23.3 Å². The number of hydrogen-bond acceptors (Lipinski definition) is 1. The van der Waals surface area contributed by atoms with Gasteiger partial charge in [-0.25, -0.2) is 0 Å². The first-order valence-corrected chi connectivity index (χ1v) is 5.22. The molecule has 1 aromatic heterocycles. The molecule has 2 nitrogen and oxygen atoms in total. The van der Waals surface area contributed by atoms with E-state index < -0.39 is 0 Å². The Balaban J connectivity index is 2.57. The number of aryl methyl sites for hydroxylation is 1. The molecular weight excluding hydrogens is 240 g/mol. The van der Waals surface area contributed by atoms with Crippen LogP contribution in [-0.4, -0.2) is 9.78 Å². The molecule has 0 spiro atoms. The van der Waals surface area contributed by atoms with Crippen molar-refractivity contribution in [1.82, 2.24) is 9.78 Å². The van der Waals surface area contributed by atoms with E-state index in [1.807, 2.05) is 30.2 Å². The predicted octanol–water partition coefficient (Wildman–Crippen LogP) is 3.16. The van der Waals surface area contributed by atoms with Gasteiger partial charge in [0.15, 0.2) is 0 Å². The average molecular weight is 251 g/mol. The van der Waals surface area contributed by atoms with Crippen LogP contribution >= 0.6 is 15.9 Å². The largest absolute Gasteiger partial charge is 0.275 e. The Bertz CT molecular complexity index is 460. The summed E-state index contributed by atoms with van der Waals surface area (Å²) < 4.78 is 2.95. The first-order chi connectivity index (χ1) is 6.68. The van der Waals surface area contributed by atoms with Gasteiger partial charge < -0.3 is 0 Å². The normalized spacial score (nSPS) is 10.5. The molecule has 2 aromatic rings. The lowest BCUT2D eigenvalue weighted by Gasteiger charge is -2.04. The number of rotatable bonds is 1. The molecule has 0 unspecified atom stereocenters. The Morgan fingerprint density at radius 1 is 1.36 bits per heavy atom. The van der Waals surface area contributed by atoms with Crippen molar-refractivity contribution < 1.29 is 0 Å². The summed E-state index contributed by atoms with van der Waals surface area (Å²) in [4.78, 5) is 0. The Labute approximate surface area is 91.7 Å². The Kier molecular flexibility index (Phi) is 2.42. The zero-order valence-corrected chi connectivity index (χ0v) is 9.75. The third kappa shape index (κ3) is 1.60. The van der Waals surface area contributed by atoms with E-state index in [-0.39, 0.29) is 0 Å². The Morgan fingerprint density at radius 2 is 2.14 bits per heavy atom. The second kappa shape index (κ2) is 3.58. The molecule has 14 heavy (non-hydrogen) atoms. The van der Waals surface area contributed by atoms with Crippen molar-refractivity contribution in [3.05, 3.63) is 40.6 Å². The van der Waals surface area contributed by atoms with Crippen LogP contribution in [0.1, 0.15) is 5.56 Å². The molecular formula is C11H11BrN2. The van der Waals surface area contributed by atoms with Crippen molar-refractivity contribution >= 4 is 15.9 Å². The summed E-state index contributed by atoms with van der Waals surface area (Å²) in [7, 11) is 1.93. The fourth-order valence-electron chi connectivity index (χ4n) is 1.48. The van der Waals surface area contributed by atoms with Crippen LogP contribution in [0, 0.1) is 6.92 Å². The quantitative estimate of drug-likeness (QED) is 0.761. The van der Waals surface area contributed by atoms with Crippen molar-refractivity contribution in [3.63, 3.8) is 0 Å². The third-order valence-corrected chi connectivity index (χ3v) is 3.14. The van der Waals surface area contributed by atoms with Gasteiger partial charge in [-0.3, -0.25) is 4.68 Å². The van der Waals surface area contributed by atoms with E-state index in [9.17, 15) is 0 Å². The molecule has 0 atom stereocenters. The molecule has 1 heterocycles. The Morgan fingerprint density at radius 3 is 2.79 bits per heavy atom. The maximum absolute atomic E-state index is 4.17. The van der Waals surface area contributed by atoms with Crippen LogP contribution in [0.25, 0.3) is 11.1 Å².